The van der Waals surface area contributed by atoms with Crippen molar-refractivity contribution in [2.24, 2.45) is 0 Å². The van der Waals surface area contributed by atoms with E-state index in [4.69, 9.17) is 27.9 Å². The van der Waals surface area contributed by atoms with Crippen LogP contribution in [0.25, 0.3) is 5.65 Å². The number of carbonyl (C=O) groups is 1. The summed E-state index contributed by atoms with van der Waals surface area (Å²) < 4.78 is 6.44. The lowest BCUT2D eigenvalue weighted by Gasteiger charge is -2.19. The number of halogens is 2. The van der Waals surface area contributed by atoms with E-state index < -0.39 is 11.0 Å². The van der Waals surface area contributed by atoms with Crippen molar-refractivity contribution in [1.29, 1.82) is 0 Å². The van der Waals surface area contributed by atoms with Gasteiger partial charge in [0.1, 0.15) is 6.61 Å². The van der Waals surface area contributed by atoms with E-state index in [1.807, 2.05) is 0 Å². The number of hydrogen-bond donors (Lipinski definition) is 0. The minimum Gasteiger partial charge on any atom is -0.443 e. The molecule has 0 bridgehead atoms. The molecule has 10 heteroatoms. The molecule has 2 rings (SSSR count). The van der Waals surface area contributed by atoms with Crippen LogP contribution in [-0.4, -0.2) is 50.2 Å². The summed E-state index contributed by atoms with van der Waals surface area (Å²) >= 11 is 11.2. The number of aromatic nitrogens is 2. The Bertz CT molecular complexity index is 700. The van der Waals surface area contributed by atoms with Gasteiger partial charge in [0.15, 0.2) is 5.69 Å². The second-order valence-corrected chi connectivity index (χ2v) is 5.24. The van der Waals surface area contributed by atoms with Crippen LogP contribution in [0.15, 0.2) is 24.4 Å². The number of nitrogens with zero attached hydrogens (tertiary/aromatic N) is 4. The lowest BCUT2D eigenvalue weighted by Crippen LogP contribution is -2.34. The van der Waals surface area contributed by atoms with Crippen molar-refractivity contribution in [3.05, 3.63) is 40.2 Å². The Hall–Kier alpha value is -2.06. The standard InChI is InChI=1S/C13H14Cl2N4O4/c14-4-7-17(8-5-15)13(20)23-9-10-12(19(21)22)18-6-2-1-3-11(18)16-10/h1-3,6H,4-5,7-9H2. The summed E-state index contributed by atoms with van der Waals surface area (Å²) in [5.74, 6) is 0.246. The number of alkyl halides is 2. The molecule has 0 saturated carbocycles. The Morgan fingerprint density at radius 2 is 2.04 bits per heavy atom. The molecule has 0 aliphatic heterocycles. The van der Waals surface area contributed by atoms with Gasteiger partial charge in [-0.3, -0.25) is 0 Å². The van der Waals surface area contributed by atoms with E-state index in [9.17, 15) is 14.9 Å². The monoisotopic (exact) mass is 360 g/mol. The summed E-state index contributed by atoms with van der Waals surface area (Å²) in [6.07, 6.45) is 0.886. The normalized spacial score (nSPS) is 10.7. The molecule has 0 fully saturated rings. The van der Waals surface area contributed by atoms with Gasteiger partial charge in [0.05, 0.1) is 6.20 Å². The highest BCUT2D eigenvalue weighted by molar-refractivity contribution is 6.18. The molecule has 0 unspecified atom stereocenters. The van der Waals surface area contributed by atoms with Crippen LogP contribution in [0.2, 0.25) is 0 Å². The van der Waals surface area contributed by atoms with Gasteiger partial charge in [-0.15, -0.1) is 23.2 Å². The second kappa shape index (κ2) is 7.98. The third-order valence-electron chi connectivity index (χ3n) is 3.05. The van der Waals surface area contributed by atoms with Crippen molar-refractivity contribution < 1.29 is 14.5 Å². The fraction of sp³-hybridized carbons (Fsp3) is 0.385. The van der Waals surface area contributed by atoms with Gasteiger partial charge in [0.2, 0.25) is 5.65 Å². The number of fused-ring (bicyclic) bond motifs is 1. The fourth-order valence-corrected chi connectivity index (χ4v) is 2.45. The summed E-state index contributed by atoms with van der Waals surface area (Å²) in [6.45, 7) is 0.249. The van der Waals surface area contributed by atoms with Crippen molar-refractivity contribution in [3.8, 4) is 0 Å². The molecule has 0 saturated heterocycles. The first-order valence-electron chi connectivity index (χ1n) is 6.72. The van der Waals surface area contributed by atoms with Gasteiger partial charge in [0.25, 0.3) is 0 Å². The number of carbonyl (C=O) groups excluding carboxylic acids is 1. The lowest BCUT2D eigenvalue weighted by atomic mass is 10.4. The van der Waals surface area contributed by atoms with Crippen molar-refractivity contribution >= 4 is 40.8 Å². The van der Waals surface area contributed by atoms with Crippen LogP contribution in [0.5, 0.6) is 0 Å². The number of nitro groups is 1. The van der Waals surface area contributed by atoms with Crippen molar-refractivity contribution in [2.75, 3.05) is 24.8 Å². The quantitative estimate of drug-likeness (QED) is 0.430. The fourth-order valence-electron chi connectivity index (χ4n) is 2.04. The third-order valence-corrected chi connectivity index (χ3v) is 3.38. The first-order chi connectivity index (χ1) is 11.1. The molecule has 0 aliphatic carbocycles. The van der Waals surface area contributed by atoms with E-state index in [0.717, 1.165) is 0 Å². The summed E-state index contributed by atoms with van der Waals surface area (Å²) in [5, 5.41) is 11.2. The predicted molar refractivity (Wildman–Crippen MR) is 85.0 cm³/mol. The van der Waals surface area contributed by atoms with E-state index in [2.05, 4.69) is 4.98 Å². The molecule has 0 N–H and O–H groups in total. The van der Waals surface area contributed by atoms with Crippen LogP contribution in [0, 0.1) is 10.1 Å². The van der Waals surface area contributed by atoms with Gasteiger partial charge in [-0.1, -0.05) is 6.07 Å². The van der Waals surface area contributed by atoms with Gasteiger partial charge in [0, 0.05) is 30.9 Å². The largest absolute Gasteiger partial charge is 0.443 e. The topological polar surface area (TPSA) is 90.0 Å². The highest BCUT2D eigenvalue weighted by Gasteiger charge is 2.24. The Balaban J connectivity index is 2.17. The minimum absolute atomic E-state index is 0.0752. The Morgan fingerprint density at radius 3 is 2.65 bits per heavy atom. The smallest absolute Gasteiger partial charge is 0.410 e. The molecule has 23 heavy (non-hydrogen) atoms. The molecule has 0 aromatic carbocycles. The van der Waals surface area contributed by atoms with Crippen LogP contribution >= 0.6 is 23.2 Å². The number of pyridine rings is 1. The Labute approximate surface area is 141 Å². The summed E-state index contributed by atoms with van der Waals surface area (Å²) in [4.78, 5) is 28.1. The first kappa shape index (κ1) is 17.3. The molecule has 0 aliphatic rings. The van der Waals surface area contributed by atoms with Crippen LogP contribution < -0.4 is 0 Å². The number of imidazole rings is 1. The van der Waals surface area contributed by atoms with E-state index in [1.165, 1.54) is 15.5 Å². The van der Waals surface area contributed by atoms with Crippen LogP contribution in [0.3, 0.4) is 0 Å². The maximum atomic E-state index is 12.0. The highest BCUT2D eigenvalue weighted by Crippen LogP contribution is 2.21. The van der Waals surface area contributed by atoms with E-state index in [1.54, 1.807) is 18.2 Å². The molecule has 1 amide bonds. The van der Waals surface area contributed by atoms with Crippen molar-refractivity contribution in [2.45, 2.75) is 6.61 Å². The maximum absolute atomic E-state index is 12.0. The molecule has 0 atom stereocenters. The molecule has 2 heterocycles. The Morgan fingerprint density at radius 1 is 1.35 bits per heavy atom. The Kier molecular flexibility index (Phi) is 6.00. The van der Waals surface area contributed by atoms with Gasteiger partial charge in [-0.25, -0.2) is 9.78 Å². The predicted octanol–water partition coefficient (Wildman–Crippen LogP) is 2.66. The maximum Gasteiger partial charge on any atom is 0.410 e. The number of amides is 1. The molecule has 8 nitrogen and oxygen atoms in total. The van der Waals surface area contributed by atoms with Crippen LogP contribution in [-0.2, 0) is 11.3 Å². The van der Waals surface area contributed by atoms with Crippen LogP contribution in [0.1, 0.15) is 5.69 Å². The summed E-state index contributed by atoms with van der Waals surface area (Å²) in [6, 6.07) is 5.00. The van der Waals surface area contributed by atoms with E-state index in [-0.39, 0.29) is 43.0 Å². The molecular weight excluding hydrogens is 347 g/mol. The SMILES string of the molecule is O=C(OCc1nc2ccccn2c1[N+](=O)[O-])N(CCCl)CCCl. The number of ether oxygens (including phenoxy) is 1. The number of hydrogen-bond acceptors (Lipinski definition) is 5. The van der Waals surface area contributed by atoms with Gasteiger partial charge in [-0.2, -0.15) is 4.40 Å². The average Bonchev–Trinajstić information content (AvgIpc) is 2.90. The van der Waals surface area contributed by atoms with Gasteiger partial charge in [-0.05, 0) is 11.0 Å². The number of rotatable bonds is 7. The zero-order valence-electron chi connectivity index (χ0n) is 12.0. The molecule has 2 aromatic heterocycles. The van der Waals surface area contributed by atoms with E-state index >= 15 is 0 Å². The summed E-state index contributed by atoms with van der Waals surface area (Å²) in [5.41, 5.74) is 0.481. The molecule has 0 spiro atoms. The zero-order valence-corrected chi connectivity index (χ0v) is 13.5. The molecule has 2 aromatic rings. The first-order valence-corrected chi connectivity index (χ1v) is 7.79. The van der Waals surface area contributed by atoms with Crippen molar-refractivity contribution in [3.63, 3.8) is 0 Å². The zero-order chi connectivity index (χ0) is 16.8. The molecule has 124 valence electrons. The lowest BCUT2D eigenvalue weighted by molar-refractivity contribution is -0.391. The summed E-state index contributed by atoms with van der Waals surface area (Å²) in [7, 11) is 0. The van der Waals surface area contributed by atoms with E-state index in [0.29, 0.717) is 5.65 Å². The van der Waals surface area contributed by atoms with Crippen molar-refractivity contribution in [1.82, 2.24) is 14.3 Å². The minimum atomic E-state index is -0.641. The van der Waals surface area contributed by atoms with Gasteiger partial charge >= 0.3 is 11.9 Å². The molecular formula is C13H14Cl2N4O4. The highest BCUT2D eigenvalue weighted by atomic mass is 35.5. The third kappa shape index (κ3) is 4.02. The van der Waals surface area contributed by atoms with Gasteiger partial charge < -0.3 is 19.8 Å². The molecule has 0 radical (unpaired) electrons. The van der Waals surface area contributed by atoms with Crippen LogP contribution in [0.4, 0.5) is 10.6 Å². The average molecular weight is 361 g/mol. The second-order valence-electron chi connectivity index (χ2n) is 4.49.